The minimum Gasteiger partial charge on any atom is -0.497 e. The number of benzene rings is 1. The van der Waals surface area contributed by atoms with Gasteiger partial charge in [-0.2, -0.15) is 0 Å². The largest absolute Gasteiger partial charge is 0.497 e. The molecule has 1 saturated heterocycles. The molecule has 25 heavy (non-hydrogen) atoms. The first-order valence-electron chi connectivity index (χ1n) is 8.23. The van der Waals surface area contributed by atoms with E-state index >= 15 is 0 Å². The van der Waals surface area contributed by atoms with Gasteiger partial charge in [0.2, 0.25) is 5.91 Å². The molecule has 0 bridgehead atoms. The van der Waals surface area contributed by atoms with Crippen molar-refractivity contribution in [1.29, 1.82) is 0 Å². The SMILES string of the molecule is COc1cccc(-c2cc(CC(=O)NCCC3(C)OCCO3)no2)c1. The third-order valence-corrected chi connectivity index (χ3v) is 4.05. The first-order chi connectivity index (χ1) is 12.1. The van der Waals surface area contributed by atoms with Gasteiger partial charge in [0.1, 0.15) is 5.75 Å². The number of rotatable bonds is 7. The molecule has 1 aliphatic rings. The lowest BCUT2D eigenvalue weighted by atomic mass is 10.1. The van der Waals surface area contributed by atoms with Crippen LogP contribution in [-0.4, -0.2) is 43.7 Å². The highest BCUT2D eigenvalue weighted by Gasteiger charge is 2.30. The molecule has 2 heterocycles. The van der Waals surface area contributed by atoms with Gasteiger partial charge < -0.3 is 24.1 Å². The smallest absolute Gasteiger partial charge is 0.226 e. The summed E-state index contributed by atoms with van der Waals surface area (Å²) < 4.78 is 21.5. The Labute approximate surface area is 146 Å². The summed E-state index contributed by atoms with van der Waals surface area (Å²) in [6.07, 6.45) is 0.762. The number of methoxy groups -OCH3 is 1. The summed E-state index contributed by atoms with van der Waals surface area (Å²) in [6, 6.07) is 9.24. The maximum atomic E-state index is 12.0. The highest BCUT2D eigenvalue weighted by Crippen LogP contribution is 2.24. The van der Waals surface area contributed by atoms with Crippen LogP contribution in [-0.2, 0) is 20.7 Å². The number of carbonyl (C=O) groups is 1. The van der Waals surface area contributed by atoms with E-state index in [9.17, 15) is 4.79 Å². The van der Waals surface area contributed by atoms with Crippen LogP contribution in [0.3, 0.4) is 0 Å². The van der Waals surface area contributed by atoms with E-state index in [0.29, 0.717) is 37.6 Å². The number of nitrogens with zero attached hydrogens (tertiary/aromatic N) is 1. The number of aromatic nitrogens is 1. The van der Waals surface area contributed by atoms with E-state index in [-0.39, 0.29) is 12.3 Å². The molecule has 3 rings (SSSR count). The predicted octanol–water partition coefficient (Wildman–Crippen LogP) is 2.16. The second-order valence-corrected chi connectivity index (χ2v) is 6.02. The van der Waals surface area contributed by atoms with Crippen molar-refractivity contribution in [1.82, 2.24) is 10.5 Å². The fourth-order valence-corrected chi connectivity index (χ4v) is 2.66. The third-order valence-electron chi connectivity index (χ3n) is 4.05. The normalized spacial score (nSPS) is 15.9. The summed E-state index contributed by atoms with van der Waals surface area (Å²) >= 11 is 0. The average molecular weight is 346 g/mol. The maximum Gasteiger partial charge on any atom is 0.226 e. The molecule has 0 atom stereocenters. The number of hydrogen-bond donors (Lipinski definition) is 1. The zero-order chi connectivity index (χ0) is 17.7. The maximum absolute atomic E-state index is 12.0. The standard InChI is InChI=1S/C18H22N2O5/c1-18(23-8-9-24-18)6-7-19-17(21)12-14-11-16(25-20-14)13-4-3-5-15(10-13)22-2/h3-5,10-11H,6-9,12H2,1-2H3,(H,19,21). The van der Waals surface area contributed by atoms with E-state index in [4.69, 9.17) is 18.7 Å². The number of hydrogen-bond acceptors (Lipinski definition) is 6. The first-order valence-corrected chi connectivity index (χ1v) is 8.23. The van der Waals surface area contributed by atoms with E-state index in [0.717, 1.165) is 11.3 Å². The quantitative estimate of drug-likeness (QED) is 0.827. The molecule has 1 aromatic heterocycles. The first kappa shape index (κ1) is 17.4. The van der Waals surface area contributed by atoms with Gasteiger partial charge in [-0.3, -0.25) is 4.79 Å². The Kier molecular flexibility index (Phi) is 5.35. The number of ether oxygens (including phenoxy) is 3. The Morgan fingerprint density at radius 2 is 2.12 bits per heavy atom. The van der Waals surface area contributed by atoms with Crippen LogP contribution >= 0.6 is 0 Å². The van der Waals surface area contributed by atoms with E-state index in [1.807, 2.05) is 31.2 Å². The van der Waals surface area contributed by atoms with Crippen molar-refractivity contribution in [2.75, 3.05) is 26.9 Å². The Hall–Kier alpha value is -2.38. The van der Waals surface area contributed by atoms with E-state index in [2.05, 4.69) is 10.5 Å². The molecule has 0 aliphatic carbocycles. The van der Waals surface area contributed by atoms with Gasteiger partial charge in [-0.25, -0.2) is 0 Å². The molecule has 1 aliphatic heterocycles. The van der Waals surface area contributed by atoms with Crippen molar-refractivity contribution < 1.29 is 23.5 Å². The lowest BCUT2D eigenvalue weighted by molar-refractivity contribution is -0.146. The summed E-state index contributed by atoms with van der Waals surface area (Å²) in [7, 11) is 1.61. The lowest BCUT2D eigenvalue weighted by Gasteiger charge is -2.22. The van der Waals surface area contributed by atoms with Crippen LogP contribution in [0.1, 0.15) is 19.0 Å². The molecule has 1 aromatic carbocycles. The summed E-state index contributed by atoms with van der Waals surface area (Å²) in [5, 5.41) is 6.81. The second-order valence-electron chi connectivity index (χ2n) is 6.02. The van der Waals surface area contributed by atoms with Crippen molar-refractivity contribution >= 4 is 5.91 Å². The van der Waals surface area contributed by atoms with Crippen LogP contribution in [0.2, 0.25) is 0 Å². The van der Waals surface area contributed by atoms with Crippen LogP contribution in [0.15, 0.2) is 34.9 Å². The summed E-state index contributed by atoms with van der Waals surface area (Å²) in [4.78, 5) is 12.0. The number of nitrogens with one attached hydrogen (secondary N) is 1. The fraction of sp³-hybridized carbons (Fsp3) is 0.444. The monoisotopic (exact) mass is 346 g/mol. The van der Waals surface area contributed by atoms with Gasteiger partial charge in [-0.1, -0.05) is 17.3 Å². The van der Waals surface area contributed by atoms with Crippen LogP contribution in [0.5, 0.6) is 5.75 Å². The van der Waals surface area contributed by atoms with Gasteiger partial charge in [0, 0.05) is 24.6 Å². The fourth-order valence-electron chi connectivity index (χ4n) is 2.66. The van der Waals surface area contributed by atoms with Crippen LogP contribution in [0.4, 0.5) is 0 Å². The Balaban J connectivity index is 1.51. The van der Waals surface area contributed by atoms with Crippen LogP contribution in [0.25, 0.3) is 11.3 Å². The molecule has 2 aromatic rings. The van der Waals surface area contributed by atoms with E-state index in [1.165, 1.54) is 0 Å². The number of carbonyl (C=O) groups excluding carboxylic acids is 1. The molecule has 1 fully saturated rings. The zero-order valence-electron chi connectivity index (χ0n) is 14.4. The topological polar surface area (TPSA) is 82.8 Å². The van der Waals surface area contributed by atoms with Gasteiger partial charge in [-0.05, 0) is 19.1 Å². The Morgan fingerprint density at radius 3 is 2.88 bits per heavy atom. The molecule has 1 amide bonds. The molecular formula is C18H22N2O5. The van der Waals surface area contributed by atoms with Crippen molar-refractivity contribution in [3.8, 4) is 17.1 Å². The molecule has 0 radical (unpaired) electrons. The summed E-state index contributed by atoms with van der Waals surface area (Å²) in [6.45, 7) is 3.55. The van der Waals surface area contributed by atoms with Crippen molar-refractivity contribution in [2.24, 2.45) is 0 Å². The highest BCUT2D eigenvalue weighted by molar-refractivity contribution is 5.78. The van der Waals surface area contributed by atoms with Crippen molar-refractivity contribution in [3.63, 3.8) is 0 Å². The minimum atomic E-state index is -0.597. The van der Waals surface area contributed by atoms with E-state index in [1.54, 1.807) is 13.2 Å². The average Bonchev–Trinajstić information content (AvgIpc) is 3.24. The van der Waals surface area contributed by atoms with Gasteiger partial charge in [0.05, 0.1) is 32.4 Å². The zero-order valence-corrected chi connectivity index (χ0v) is 14.4. The predicted molar refractivity (Wildman–Crippen MR) is 90.1 cm³/mol. The van der Waals surface area contributed by atoms with Crippen LogP contribution in [0, 0.1) is 0 Å². The lowest BCUT2D eigenvalue weighted by Crippen LogP contribution is -2.34. The molecule has 7 heteroatoms. The third kappa shape index (κ3) is 4.58. The van der Waals surface area contributed by atoms with Gasteiger partial charge in [-0.15, -0.1) is 0 Å². The van der Waals surface area contributed by atoms with Gasteiger partial charge in [0.25, 0.3) is 0 Å². The van der Waals surface area contributed by atoms with Crippen molar-refractivity contribution in [3.05, 3.63) is 36.0 Å². The van der Waals surface area contributed by atoms with Crippen molar-refractivity contribution in [2.45, 2.75) is 25.6 Å². The molecule has 0 saturated carbocycles. The Morgan fingerprint density at radius 1 is 1.32 bits per heavy atom. The van der Waals surface area contributed by atoms with Gasteiger partial charge in [0.15, 0.2) is 11.5 Å². The Bertz CT molecular complexity index is 722. The summed E-state index contributed by atoms with van der Waals surface area (Å²) in [5.74, 6) is 0.618. The second kappa shape index (κ2) is 7.67. The number of amides is 1. The molecule has 134 valence electrons. The highest BCUT2D eigenvalue weighted by atomic mass is 16.7. The minimum absolute atomic E-state index is 0.118. The van der Waals surface area contributed by atoms with Crippen LogP contribution < -0.4 is 10.1 Å². The molecular weight excluding hydrogens is 324 g/mol. The molecule has 0 unspecified atom stereocenters. The summed E-state index contributed by atoms with van der Waals surface area (Å²) in [5.41, 5.74) is 1.43. The van der Waals surface area contributed by atoms with Gasteiger partial charge >= 0.3 is 0 Å². The van der Waals surface area contributed by atoms with E-state index < -0.39 is 5.79 Å². The molecule has 7 nitrogen and oxygen atoms in total. The molecule has 0 spiro atoms. The molecule has 1 N–H and O–H groups in total.